The molecule has 0 N–H and O–H groups in total. The first-order valence-corrected chi connectivity index (χ1v) is 3.13. The normalized spacial score (nSPS) is 15.5. The summed E-state index contributed by atoms with van der Waals surface area (Å²) in [5.74, 6) is -0.421. The van der Waals surface area contributed by atoms with Gasteiger partial charge in [0.2, 0.25) is 6.08 Å². The molecule has 0 aromatic carbocycles. The van der Waals surface area contributed by atoms with Gasteiger partial charge in [0.25, 0.3) is 0 Å². The van der Waals surface area contributed by atoms with Gasteiger partial charge in [-0.3, -0.25) is 0 Å². The van der Waals surface area contributed by atoms with Crippen molar-refractivity contribution in [1.82, 2.24) is 0 Å². The van der Waals surface area contributed by atoms with Crippen LogP contribution in [0.25, 0.3) is 0 Å². The number of carbonyl (C=O) groups excluding carboxylic acids is 1. The first-order valence-electron chi connectivity index (χ1n) is 2.60. The molecule has 0 amide bonds. The van der Waals surface area contributed by atoms with Crippen molar-refractivity contribution >= 4 is 17.7 Å². The highest BCUT2D eigenvalue weighted by Crippen LogP contribution is 2.05. The molecule has 0 bridgehead atoms. The Labute approximate surface area is 61.9 Å². The summed E-state index contributed by atoms with van der Waals surface area (Å²) in [7, 11) is 0. The van der Waals surface area contributed by atoms with E-state index in [0.29, 0.717) is 0 Å². The average molecular weight is 170 g/mol. The molecular formula is C5H6ClF2NO. The van der Waals surface area contributed by atoms with Crippen LogP contribution in [0.4, 0.5) is 8.78 Å². The van der Waals surface area contributed by atoms with Crippen LogP contribution in [0, 0.1) is 0 Å². The van der Waals surface area contributed by atoms with Gasteiger partial charge in [-0.05, 0) is 0 Å². The predicted octanol–water partition coefficient (Wildman–Crippen LogP) is 1.24. The molecular weight excluding hydrogens is 164 g/mol. The second-order valence-electron chi connectivity index (χ2n) is 1.62. The fourth-order valence-electron chi connectivity index (χ4n) is 0.336. The van der Waals surface area contributed by atoms with Gasteiger partial charge in [-0.2, -0.15) is 0 Å². The minimum atomic E-state index is -1.79. The van der Waals surface area contributed by atoms with Crippen molar-refractivity contribution in [3.05, 3.63) is 0 Å². The molecule has 2 unspecified atom stereocenters. The molecule has 0 aromatic heterocycles. The number of nitrogens with zero attached hydrogens (tertiary/aromatic N) is 1. The fourth-order valence-corrected chi connectivity index (χ4v) is 0.529. The molecule has 2 atom stereocenters. The van der Waals surface area contributed by atoms with Gasteiger partial charge in [0.1, 0.15) is 6.17 Å². The van der Waals surface area contributed by atoms with Gasteiger partial charge in [0.15, 0.2) is 6.17 Å². The molecule has 0 heterocycles. The second kappa shape index (κ2) is 5.33. The van der Waals surface area contributed by atoms with Gasteiger partial charge >= 0.3 is 0 Å². The highest BCUT2D eigenvalue weighted by Gasteiger charge is 2.18. The number of halogens is 3. The molecule has 58 valence electrons. The summed E-state index contributed by atoms with van der Waals surface area (Å²) in [6.45, 7) is -0.503. The molecule has 0 aliphatic heterocycles. The lowest BCUT2D eigenvalue weighted by Crippen LogP contribution is -2.21. The lowest BCUT2D eigenvalue weighted by molar-refractivity contribution is 0.192. The molecule has 0 saturated heterocycles. The SMILES string of the molecule is O=C=NCC(F)C(F)CCl. The van der Waals surface area contributed by atoms with Crippen LogP contribution in [-0.2, 0) is 4.79 Å². The van der Waals surface area contributed by atoms with E-state index in [1.807, 2.05) is 0 Å². The smallest absolute Gasteiger partial charge is 0.235 e. The third-order valence-corrected chi connectivity index (χ3v) is 1.16. The van der Waals surface area contributed by atoms with Crippen molar-refractivity contribution < 1.29 is 13.6 Å². The van der Waals surface area contributed by atoms with Crippen LogP contribution in [0.15, 0.2) is 4.99 Å². The van der Waals surface area contributed by atoms with E-state index in [-0.39, 0.29) is 0 Å². The molecule has 0 spiro atoms. The molecule has 0 aliphatic carbocycles. The molecule has 0 saturated carbocycles. The van der Waals surface area contributed by atoms with Crippen LogP contribution in [-0.4, -0.2) is 30.8 Å². The van der Waals surface area contributed by atoms with Crippen LogP contribution >= 0.6 is 11.6 Å². The van der Waals surface area contributed by atoms with E-state index in [0.717, 1.165) is 6.08 Å². The number of hydrogen-bond donors (Lipinski definition) is 0. The van der Waals surface area contributed by atoms with Crippen LogP contribution in [0.1, 0.15) is 0 Å². The van der Waals surface area contributed by atoms with Crippen molar-refractivity contribution in [1.29, 1.82) is 0 Å². The second-order valence-corrected chi connectivity index (χ2v) is 1.93. The van der Waals surface area contributed by atoms with Gasteiger partial charge in [-0.25, -0.2) is 18.6 Å². The average Bonchev–Trinajstić information content (AvgIpc) is 1.98. The van der Waals surface area contributed by atoms with E-state index in [9.17, 15) is 13.6 Å². The van der Waals surface area contributed by atoms with Crippen LogP contribution in [0.3, 0.4) is 0 Å². The standard InChI is InChI=1S/C5H6ClF2NO/c6-1-4(7)5(8)2-9-3-10/h4-5H,1-2H2. The summed E-state index contributed by atoms with van der Waals surface area (Å²) >= 11 is 4.97. The minimum Gasteiger partial charge on any atom is -0.243 e. The molecule has 5 heteroatoms. The molecule has 0 rings (SSSR count). The predicted molar refractivity (Wildman–Crippen MR) is 33.5 cm³/mol. The summed E-state index contributed by atoms with van der Waals surface area (Å²) in [4.78, 5) is 12.3. The van der Waals surface area contributed by atoms with E-state index >= 15 is 0 Å². The summed E-state index contributed by atoms with van der Waals surface area (Å²) in [6, 6.07) is 0. The third kappa shape index (κ3) is 3.54. The van der Waals surface area contributed by atoms with E-state index in [4.69, 9.17) is 11.6 Å². The maximum atomic E-state index is 12.3. The zero-order valence-corrected chi connectivity index (χ0v) is 5.81. The summed E-state index contributed by atoms with van der Waals surface area (Å²) in [5, 5.41) is 0. The number of rotatable bonds is 4. The topological polar surface area (TPSA) is 29.4 Å². The number of alkyl halides is 3. The lowest BCUT2D eigenvalue weighted by atomic mass is 10.3. The fraction of sp³-hybridized carbons (Fsp3) is 0.800. The monoisotopic (exact) mass is 169 g/mol. The Morgan fingerprint density at radius 1 is 1.50 bits per heavy atom. The summed E-state index contributed by atoms with van der Waals surface area (Å²) in [5.41, 5.74) is 0. The molecule has 0 aliphatic rings. The van der Waals surface area contributed by atoms with Gasteiger partial charge in [-0.15, -0.1) is 11.6 Å². The lowest BCUT2D eigenvalue weighted by Gasteiger charge is -2.05. The van der Waals surface area contributed by atoms with Crippen molar-refractivity contribution in [2.75, 3.05) is 12.4 Å². The van der Waals surface area contributed by atoms with Crippen LogP contribution < -0.4 is 0 Å². The Kier molecular flexibility index (Phi) is 5.08. The Morgan fingerprint density at radius 3 is 2.50 bits per heavy atom. The maximum Gasteiger partial charge on any atom is 0.235 e. The number of isocyanates is 1. The molecule has 0 radical (unpaired) electrons. The largest absolute Gasteiger partial charge is 0.243 e. The van der Waals surface area contributed by atoms with Crippen LogP contribution in [0.5, 0.6) is 0 Å². The van der Waals surface area contributed by atoms with Crippen LogP contribution in [0.2, 0.25) is 0 Å². The number of aliphatic imine (C=N–C) groups is 1. The Morgan fingerprint density at radius 2 is 2.10 bits per heavy atom. The Hall–Kier alpha value is -0.470. The van der Waals surface area contributed by atoms with Gasteiger partial charge in [-0.1, -0.05) is 0 Å². The first-order chi connectivity index (χ1) is 4.72. The van der Waals surface area contributed by atoms with E-state index < -0.39 is 24.8 Å². The van der Waals surface area contributed by atoms with Gasteiger partial charge in [0.05, 0.1) is 12.4 Å². The maximum absolute atomic E-state index is 12.3. The van der Waals surface area contributed by atoms with Crippen molar-refractivity contribution in [3.8, 4) is 0 Å². The van der Waals surface area contributed by atoms with E-state index in [1.165, 1.54) is 0 Å². The molecule has 2 nitrogen and oxygen atoms in total. The highest BCUT2D eigenvalue weighted by atomic mass is 35.5. The minimum absolute atomic E-state index is 0.421. The zero-order valence-electron chi connectivity index (χ0n) is 5.06. The van der Waals surface area contributed by atoms with E-state index in [1.54, 1.807) is 0 Å². The molecule has 10 heavy (non-hydrogen) atoms. The van der Waals surface area contributed by atoms with Crippen molar-refractivity contribution in [2.45, 2.75) is 12.3 Å². The molecule has 0 aromatic rings. The van der Waals surface area contributed by atoms with Crippen molar-refractivity contribution in [3.63, 3.8) is 0 Å². The van der Waals surface area contributed by atoms with Gasteiger partial charge < -0.3 is 0 Å². The Balaban J connectivity index is 3.60. The Bertz CT molecular complexity index is 138. The van der Waals surface area contributed by atoms with Gasteiger partial charge in [0, 0.05) is 0 Å². The van der Waals surface area contributed by atoms with Crippen molar-refractivity contribution in [2.24, 2.45) is 4.99 Å². The van der Waals surface area contributed by atoms with E-state index in [2.05, 4.69) is 4.99 Å². The first kappa shape index (κ1) is 9.53. The summed E-state index contributed by atoms with van der Waals surface area (Å²) in [6.07, 6.45) is -2.44. The molecule has 0 fully saturated rings. The quantitative estimate of drug-likeness (QED) is 0.354. The summed E-state index contributed by atoms with van der Waals surface area (Å²) < 4.78 is 24.4. The third-order valence-electron chi connectivity index (χ3n) is 0.870. The zero-order chi connectivity index (χ0) is 7.98. The highest BCUT2D eigenvalue weighted by molar-refractivity contribution is 6.18. The number of hydrogen-bond acceptors (Lipinski definition) is 2.